The average Bonchev–Trinajstić information content (AvgIpc) is 2.29. The van der Waals surface area contributed by atoms with E-state index in [1.54, 1.807) is 19.1 Å². The Morgan fingerprint density at radius 3 is 2.67 bits per heavy atom. The molecule has 0 aliphatic heterocycles. The van der Waals surface area contributed by atoms with Gasteiger partial charge in [-0.3, -0.25) is 9.59 Å². The Morgan fingerprint density at radius 1 is 1.33 bits per heavy atom. The minimum absolute atomic E-state index is 0.203. The van der Waals surface area contributed by atoms with Crippen LogP contribution in [0.3, 0.4) is 0 Å². The van der Waals surface area contributed by atoms with Crippen molar-refractivity contribution in [1.29, 1.82) is 0 Å². The number of hydrogen-bond acceptors (Lipinski definition) is 3. The molecule has 18 heavy (non-hydrogen) atoms. The van der Waals surface area contributed by atoms with E-state index in [1.807, 2.05) is 19.1 Å². The van der Waals surface area contributed by atoms with Gasteiger partial charge in [0.2, 0.25) is 0 Å². The molecule has 1 aromatic rings. The minimum Gasteiger partial charge on any atom is -0.383 e. The summed E-state index contributed by atoms with van der Waals surface area (Å²) < 4.78 is 4.87. The predicted octanol–water partition coefficient (Wildman–Crippen LogP) is 1.08. The summed E-state index contributed by atoms with van der Waals surface area (Å²) in [6.07, 6.45) is 0. The smallest absolute Gasteiger partial charge is 0.313 e. The molecule has 1 rings (SSSR count). The van der Waals surface area contributed by atoms with Gasteiger partial charge in [0.1, 0.15) is 0 Å². The fraction of sp³-hybridized carbons (Fsp3) is 0.385. The van der Waals surface area contributed by atoms with Gasteiger partial charge in [-0.1, -0.05) is 12.1 Å². The predicted molar refractivity (Wildman–Crippen MR) is 69.3 cm³/mol. The number of hydrogen-bond donors (Lipinski definition) is 2. The molecule has 0 radical (unpaired) electrons. The van der Waals surface area contributed by atoms with E-state index in [2.05, 4.69) is 10.6 Å². The first-order valence-electron chi connectivity index (χ1n) is 5.70. The normalized spacial score (nSPS) is 11.7. The lowest BCUT2D eigenvalue weighted by atomic mass is 10.2. The number of benzene rings is 1. The summed E-state index contributed by atoms with van der Waals surface area (Å²) in [5.41, 5.74) is 1.62. The molecule has 5 heteroatoms. The number of rotatable bonds is 4. The largest absolute Gasteiger partial charge is 0.383 e. The van der Waals surface area contributed by atoms with Crippen LogP contribution in [0.4, 0.5) is 5.69 Å². The van der Waals surface area contributed by atoms with Gasteiger partial charge in [0, 0.05) is 18.8 Å². The summed E-state index contributed by atoms with van der Waals surface area (Å²) in [6, 6.07) is 7.05. The van der Waals surface area contributed by atoms with Crippen molar-refractivity contribution >= 4 is 17.5 Å². The zero-order chi connectivity index (χ0) is 13.5. The second-order valence-corrected chi connectivity index (χ2v) is 4.15. The van der Waals surface area contributed by atoms with E-state index >= 15 is 0 Å². The molecule has 1 aromatic carbocycles. The SMILES string of the molecule is COC[C@@H](C)NC(=O)C(=O)Nc1cccc(C)c1. The topological polar surface area (TPSA) is 67.4 Å². The van der Waals surface area contributed by atoms with Gasteiger partial charge in [-0.25, -0.2) is 0 Å². The van der Waals surface area contributed by atoms with E-state index in [9.17, 15) is 9.59 Å². The number of methoxy groups -OCH3 is 1. The molecule has 1 atom stereocenters. The van der Waals surface area contributed by atoms with Crippen LogP contribution >= 0.6 is 0 Å². The van der Waals surface area contributed by atoms with Gasteiger partial charge < -0.3 is 15.4 Å². The Morgan fingerprint density at radius 2 is 2.06 bits per heavy atom. The fourth-order valence-electron chi connectivity index (χ4n) is 1.49. The summed E-state index contributed by atoms with van der Waals surface area (Å²) >= 11 is 0. The van der Waals surface area contributed by atoms with Crippen molar-refractivity contribution in [1.82, 2.24) is 5.32 Å². The minimum atomic E-state index is -0.677. The summed E-state index contributed by atoms with van der Waals surface area (Å²) in [7, 11) is 1.54. The van der Waals surface area contributed by atoms with E-state index < -0.39 is 11.8 Å². The molecule has 5 nitrogen and oxygen atoms in total. The van der Waals surface area contributed by atoms with Crippen molar-refractivity contribution in [3.05, 3.63) is 29.8 Å². The van der Waals surface area contributed by atoms with Crippen LogP contribution in [-0.2, 0) is 14.3 Å². The van der Waals surface area contributed by atoms with E-state index in [1.165, 1.54) is 7.11 Å². The highest BCUT2D eigenvalue weighted by atomic mass is 16.5. The highest BCUT2D eigenvalue weighted by molar-refractivity contribution is 6.39. The Kier molecular flexibility index (Phi) is 5.32. The van der Waals surface area contributed by atoms with Crippen LogP contribution in [-0.4, -0.2) is 31.6 Å². The van der Waals surface area contributed by atoms with Crippen LogP contribution < -0.4 is 10.6 Å². The van der Waals surface area contributed by atoms with Crippen molar-refractivity contribution in [3.8, 4) is 0 Å². The molecule has 0 aliphatic rings. The quantitative estimate of drug-likeness (QED) is 0.786. The molecular formula is C13H18N2O3. The zero-order valence-corrected chi connectivity index (χ0v) is 10.8. The summed E-state index contributed by atoms with van der Waals surface area (Å²) in [5, 5.41) is 5.08. The second kappa shape index (κ2) is 6.76. The van der Waals surface area contributed by atoms with Crippen LogP contribution in [0.15, 0.2) is 24.3 Å². The molecule has 2 N–H and O–H groups in total. The second-order valence-electron chi connectivity index (χ2n) is 4.15. The molecule has 0 saturated heterocycles. The first-order valence-corrected chi connectivity index (χ1v) is 5.70. The van der Waals surface area contributed by atoms with E-state index in [4.69, 9.17) is 4.74 Å². The standard InChI is InChI=1S/C13H18N2O3/c1-9-5-4-6-11(7-9)15-13(17)12(16)14-10(2)8-18-3/h4-7,10H,8H2,1-3H3,(H,14,16)(H,15,17)/t10-/m1/s1. The molecular weight excluding hydrogens is 232 g/mol. The molecule has 0 unspecified atom stereocenters. The summed E-state index contributed by atoms with van der Waals surface area (Å²) in [5.74, 6) is -1.34. The van der Waals surface area contributed by atoms with Crippen LogP contribution in [0, 0.1) is 6.92 Å². The number of amides is 2. The number of carbonyl (C=O) groups is 2. The highest BCUT2D eigenvalue weighted by Crippen LogP contribution is 2.09. The lowest BCUT2D eigenvalue weighted by Gasteiger charge is -2.12. The third-order valence-electron chi connectivity index (χ3n) is 2.28. The molecule has 0 aliphatic carbocycles. The van der Waals surface area contributed by atoms with E-state index in [0.29, 0.717) is 12.3 Å². The van der Waals surface area contributed by atoms with Gasteiger partial charge in [-0.2, -0.15) is 0 Å². The molecule has 0 aromatic heterocycles. The van der Waals surface area contributed by atoms with Gasteiger partial charge in [-0.15, -0.1) is 0 Å². The van der Waals surface area contributed by atoms with Gasteiger partial charge in [0.15, 0.2) is 0 Å². The summed E-state index contributed by atoms with van der Waals surface area (Å²) in [4.78, 5) is 23.1. The summed E-state index contributed by atoms with van der Waals surface area (Å²) in [6.45, 7) is 4.04. The lowest BCUT2D eigenvalue weighted by molar-refractivity contribution is -0.136. The van der Waals surface area contributed by atoms with Crippen LogP contribution in [0.5, 0.6) is 0 Å². The van der Waals surface area contributed by atoms with Crippen LogP contribution in [0.25, 0.3) is 0 Å². The maximum Gasteiger partial charge on any atom is 0.313 e. The first kappa shape index (κ1) is 14.2. The van der Waals surface area contributed by atoms with Crippen molar-refractivity contribution in [2.24, 2.45) is 0 Å². The number of aryl methyl sites for hydroxylation is 1. The highest BCUT2D eigenvalue weighted by Gasteiger charge is 2.15. The lowest BCUT2D eigenvalue weighted by Crippen LogP contribution is -2.42. The average molecular weight is 250 g/mol. The molecule has 0 heterocycles. The molecule has 0 saturated carbocycles. The van der Waals surface area contributed by atoms with E-state index in [0.717, 1.165) is 5.56 Å². The fourth-order valence-corrected chi connectivity index (χ4v) is 1.49. The zero-order valence-electron chi connectivity index (χ0n) is 10.8. The maximum absolute atomic E-state index is 11.6. The van der Waals surface area contributed by atoms with Crippen molar-refractivity contribution in [3.63, 3.8) is 0 Å². The number of ether oxygens (including phenoxy) is 1. The Bertz CT molecular complexity index is 432. The van der Waals surface area contributed by atoms with Crippen molar-refractivity contribution in [2.45, 2.75) is 19.9 Å². The van der Waals surface area contributed by atoms with Gasteiger partial charge in [-0.05, 0) is 31.5 Å². The van der Waals surface area contributed by atoms with Gasteiger partial charge in [0.25, 0.3) is 0 Å². The molecule has 0 spiro atoms. The van der Waals surface area contributed by atoms with Crippen molar-refractivity contribution < 1.29 is 14.3 Å². The van der Waals surface area contributed by atoms with Crippen LogP contribution in [0.2, 0.25) is 0 Å². The Hall–Kier alpha value is -1.88. The van der Waals surface area contributed by atoms with Gasteiger partial charge in [0.05, 0.1) is 6.61 Å². The van der Waals surface area contributed by atoms with E-state index in [-0.39, 0.29) is 6.04 Å². The van der Waals surface area contributed by atoms with Crippen LogP contribution in [0.1, 0.15) is 12.5 Å². The van der Waals surface area contributed by atoms with Crippen molar-refractivity contribution in [2.75, 3.05) is 19.0 Å². The number of carbonyl (C=O) groups excluding carboxylic acids is 2. The Balaban J connectivity index is 2.52. The third kappa shape index (κ3) is 4.55. The molecule has 0 fully saturated rings. The first-order chi connectivity index (χ1) is 8.52. The maximum atomic E-state index is 11.6. The number of nitrogens with one attached hydrogen (secondary N) is 2. The molecule has 2 amide bonds. The number of anilines is 1. The third-order valence-corrected chi connectivity index (χ3v) is 2.28. The van der Waals surface area contributed by atoms with Gasteiger partial charge >= 0.3 is 11.8 Å². The monoisotopic (exact) mass is 250 g/mol. The molecule has 98 valence electrons. The molecule has 0 bridgehead atoms. The Labute approximate surface area is 107 Å².